The Morgan fingerprint density at radius 3 is 2.24 bits per heavy atom. The van der Waals surface area contributed by atoms with Crippen LogP contribution >= 0.6 is 0 Å². The van der Waals surface area contributed by atoms with E-state index in [1.165, 1.54) is 31.4 Å². The van der Waals surface area contributed by atoms with Gasteiger partial charge in [-0.2, -0.15) is 0 Å². The summed E-state index contributed by atoms with van der Waals surface area (Å²) in [5.74, 6) is 0.196. The van der Waals surface area contributed by atoms with Gasteiger partial charge in [-0.25, -0.2) is 0 Å². The molecule has 0 N–H and O–H groups in total. The number of aryl methyl sites for hydroxylation is 1. The molecule has 0 atom stereocenters. The molecule has 1 aliphatic rings. The molecule has 1 aliphatic carbocycles. The summed E-state index contributed by atoms with van der Waals surface area (Å²) < 4.78 is 2.26. The molecule has 0 spiro atoms. The third-order valence-electron chi connectivity index (χ3n) is 4.92. The fraction of sp³-hybridized carbons (Fsp3) is 0.722. The molecular formula is C18H30N2O. The highest BCUT2D eigenvalue weighted by molar-refractivity contribution is 5.95. The van der Waals surface area contributed by atoms with Gasteiger partial charge in [0, 0.05) is 30.5 Å². The smallest absolute Gasteiger partial charge is 0.255 e. The third-order valence-corrected chi connectivity index (χ3v) is 4.92. The number of aromatic nitrogens is 1. The predicted octanol–water partition coefficient (Wildman–Crippen LogP) is 4.48. The molecule has 3 nitrogen and oxygen atoms in total. The van der Waals surface area contributed by atoms with E-state index in [0.29, 0.717) is 12.1 Å². The first-order valence-corrected chi connectivity index (χ1v) is 8.39. The van der Waals surface area contributed by atoms with Crippen LogP contribution in [0.4, 0.5) is 0 Å². The second-order valence-corrected chi connectivity index (χ2v) is 6.81. The molecule has 3 heteroatoms. The Morgan fingerprint density at radius 1 is 1.19 bits per heavy atom. The second-order valence-electron chi connectivity index (χ2n) is 6.81. The molecule has 0 radical (unpaired) electrons. The normalized spacial score (nSPS) is 17.0. The summed E-state index contributed by atoms with van der Waals surface area (Å²) in [4.78, 5) is 14.9. The summed E-state index contributed by atoms with van der Waals surface area (Å²) in [5.41, 5.74) is 3.17. The number of carbonyl (C=O) groups is 1. The van der Waals surface area contributed by atoms with Crippen LogP contribution in [-0.2, 0) is 0 Å². The highest BCUT2D eigenvalue weighted by atomic mass is 16.2. The molecule has 118 valence electrons. The second kappa shape index (κ2) is 6.67. The van der Waals surface area contributed by atoms with Crippen molar-refractivity contribution in [1.29, 1.82) is 0 Å². The van der Waals surface area contributed by atoms with Crippen LogP contribution in [0.2, 0.25) is 0 Å². The van der Waals surface area contributed by atoms with Gasteiger partial charge >= 0.3 is 0 Å². The van der Waals surface area contributed by atoms with E-state index in [-0.39, 0.29) is 5.91 Å². The van der Waals surface area contributed by atoms with Gasteiger partial charge in [-0.1, -0.05) is 25.7 Å². The molecular weight excluding hydrogens is 260 g/mol. The minimum absolute atomic E-state index is 0.196. The van der Waals surface area contributed by atoms with E-state index in [1.807, 2.05) is 11.9 Å². The first-order valence-electron chi connectivity index (χ1n) is 8.39. The van der Waals surface area contributed by atoms with Crippen LogP contribution in [0.1, 0.15) is 80.2 Å². The van der Waals surface area contributed by atoms with Crippen molar-refractivity contribution in [2.75, 3.05) is 7.05 Å². The van der Waals surface area contributed by atoms with Crippen molar-refractivity contribution >= 4 is 5.91 Å². The zero-order valence-corrected chi connectivity index (χ0v) is 14.3. The van der Waals surface area contributed by atoms with Gasteiger partial charge in [0.2, 0.25) is 0 Å². The monoisotopic (exact) mass is 290 g/mol. The lowest BCUT2D eigenvalue weighted by Gasteiger charge is -2.27. The number of hydrogen-bond donors (Lipinski definition) is 0. The quantitative estimate of drug-likeness (QED) is 0.753. The van der Waals surface area contributed by atoms with Crippen molar-refractivity contribution in [3.8, 4) is 0 Å². The molecule has 1 fully saturated rings. The minimum atomic E-state index is 0.196. The number of rotatable bonds is 3. The van der Waals surface area contributed by atoms with Gasteiger partial charge in [0.25, 0.3) is 5.91 Å². The number of carbonyl (C=O) groups excluding carboxylic acids is 1. The van der Waals surface area contributed by atoms with Crippen molar-refractivity contribution in [2.24, 2.45) is 0 Å². The van der Waals surface area contributed by atoms with Gasteiger partial charge in [0.05, 0.1) is 5.56 Å². The summed E-state index contributed by atoms with van der Waals surface area (Å²) in [6.45, 7) is 8.50. The van der Waals surface area contributed by atoms with Crippen molar-refractivity contribution in [1.82, 2.24) is 9.47 Å². The molecule has 1 saturated carbocycles. The lowest BCUT2D eigenvalue weighted by Crippen LogP contribution is -2.37. The molecule has 1 aromatic heterocycles. The molecule has 0 aromatic carbocycles. The lowest BCUT2D eigenvalue weighted by molar-refractivity contribution is 0.0717. The van der Waals surface area contributed by atoms with Crippen molar-refractivity contribution in [3.05, 3.63) is 23.0 Å². The van der Waals surface area contributed by atoms with Crippen molar-refractivity contribution in [2.45, 2.75) is 78.3 Å². The molecule has 0 unspecified atom stereocenters. The molecule has 0 saturated heterocycles. The molecule has 1 aromatic rings. The molecule has 21 heavy (non-hydrogen) atoms. The van der Waals surface area contributed by atoms with Crippen LogP contribution in [0.5, 0.6) is 0 Å². The summed E-state index contributed by atoms with van der Waals surface area (Å²) in [6, 6.07) is 2.88. The molecule has 1 heterocycles. The SMILES string of the molecule is Cc1cc(C(=O)N(C)C2CCCCCC2)c(C)n1C(C)C. The van der Waals surface area contributed by atoms with E-state index in [2.05, 4.69) is 38.3 Å². The van der Waals surface area contributed by atoms with Gasteiger partial charge in [0.15, 0.2) is 0 Å². The zero-order valence-electron chi connectivity index (χ0n) is 14.3. The van der Waals surface area contributed by atoms with E-state index in [4.69, 9.17) is 0 Å². The van der Waals surface area contributed by atoms with Crippen molar-refractivity contribution < 1.29 is 4.79 Å². The third kappa shape index (κ3) is 3.33. The maximum atomic E-state index is 12.9. The summed E-state index contributed by atoms with van der Waals surface area (Å²) in [7, 11) is 1.99. The van der Waals surface area contributed by atoms with Crippen LogP contribution in [0.3, 0.4) is 0 Å². The van der Waals surface area contributed by atoms with Gasteiger partial charge in [-0.3, -0.25) is 4.79 Å². The first kappa shape index (κ1) is 16.1. The Balaban J connectivity index is 2.21. The average molecular weight is 290 g/mol. The maximum absolute atomic E-state index is 12.9. The Kier molecular flexibility index (Phi) is 5.13. The van der Waals surface area contributed by atoms with Crippen LogP contribution in [-0.4, -0.2) is 28.5 Å². The average Bonchev–Trinajstić information content (AvgIpc) is 2.63. The number of amides is 1. The predicted molar refractivity (Wildman–Crippen MR) is 87.9 cm³/mol. The summed E-state index contributed by atoms with van der Waals surface area (Å²) >= 11 is 0. The molecule has 1 amide bonds. The standard InChI is InChI=1S/C18H30N2O/c1-13(2)20-14(3)12-17(15(20)4)18(21)19(5)16-10-8-6-7-9-11-16/h12-13,16H,6-11H2,1-5H3. The topological polar surface area (TPSA) is 25.2 Å². The van der Waals surface area contributed by atoms with E-state index in [9.17, 15) is 4.79 Å². The van der Waals surface area contributed by atoms with Crippen LogP contribution in [0, 0.1) is 13.8 Å². The highest BCUT2D eigenvalue weighted by Crippen LogP contribution is 2.25. The Bertz CT molecular complexity index is 494. The maximum Gasteiger partial charge on any atom is 0.255 e. The van der Waals surface area contributed by atoms with Gasteiger partial charge in [-0.05, 0) is 46.6 Å². The number of hydrogen-bond acceptors (Lipinski definition) is 1. The Hall–Kier alpha value is -1.25. The van der Waals surface area contributed by atoms with E-state index < -0.39 is 0 Å². The molecule has 0 aliphatic heterocycles. The van der Waals surface area contributed by atoms with Crippen LogP contribution in [0.25, 0.3) is 0 Å². The fourth-order valence-corrected chi connectivity index (χ4v) is 3.79. The lowest BCUT2D eigenvalue weighted by atomic mass is 10.1. The molecule has 2 rings (SSSR count). The minimum Gasteiger partial charge on any atom is -0.346 e. The summed E-state index contributed by atoms with van der Waals surface area (Å²) in [5, 5.41) is 0. The zero-order chi connectivity index (χ0) is 15.6. The molecule has 0 bridgehead atoms. The van der Waals surface area contributed by atoms with E-state index in [0.717, 1.165) is 24.1 Å². The van der Waals surface area contributed by atoms with Crippen molar-refractivity contribution in [3.63, 3.8) is 0 Å². The number of nitrogens with zero attached hydrogens (tertiary/aromatic N) is 2. The van der Waals surface area contributed by atoms with Gasteiger partial charge in [0.1, 0.15) is 0 Å². The Labute approximate surface area is 129 Å². The highest BCUT2D eigenvalue weighted by Gasteiger charge is 2.25. The van der Waals surface area contributed by atoms with E-state index in [1.54, 1.807) is 0 Å². The fourth-order valence-electron chi connectivity index (χ4n) is 3.79. The van der Waals surface area contributed by atoms with Crippen LogP contribution < -0.4 is 0 Å². The van der Waals surface area contributed by atoms with E-state index >= 15 is 0 Å². The van der Waals surface area contributed by atoms with Gasteiger partial charge < -0.3 is 9.47 Å². The first-order chi connectivity index (χ1) is 9.93. The Morgan fingerprint density at radius 2 is 1.76 bits per heavy atom. The van der Waals surface area contributed by atoms with Gasteiger partial charge in [-0.15, -0.1) is 0 Å². The van der Waals surface area contributed by atoms with Crippen LogP contribution in [0.15, 0.2) is 6.07 Å². The largest absolute Gasteiger partial charge is 0.346 e. The summed E-state index contributed by atoms with van der Waals surface area (Å²) in [6.07, 6.45) is 7.47.